The van der Waals surface area contributed by atoms with Gasteiger partial charge in [-0.3, -0.25) is 4.79 Å². The molecule has 0 amide bonds. The molecule has 0 radical (unpaired) electrons. The summed E-state index contributed by atoms with van der Waals surface area (Å²) in [6.07, 6.45) is 3.08. The number of aromatic nitrogens is 1. The van der Waals surface area contributed by atoms with Gasteiger partial charge in [-0.15, -0.1) is 11.3 Å². The minimum Gasteiger partial charge on any atom is -0.371 e. The SMILES string of the molecule is CCCc1cc2nc3ccc(N4CCC4)cc3sc-2cc1=O. The Morgan fingerprint density at radius 2 is 2.09 bits per heavy atom. The average molecular weight is 310 g/mol. The van der Waals surface area contributed by atoms with Crippen LogP contribution in [0.2, 0.25) is 0 Å². The van der Waals surface area contributed by atoms with Crippen molar-refractivity contribution in [2.75, 3.05) is 18.0 Å². The zero-order valence-electron chi connectivity index (χ0n) is 12.6. The number of hydrogen-bond donors (Lipinski definition) is 0. The number of hydrogen-bond acceptors (Lipinski definition) is 4. The molecular formula is C18H18N2OS. The number of benzene rings is 2. The number of aryl methyl sites for hydroxylation is 1. The molecule has 112 valence electrons. The van der Waals surface area contributed by atoms with Gasteiger partial charge in [0.1, 0.15) is 0 Å². The molecule has 0 saturated carbocycles. The first-order chi connectivity index (χ1) is 10.7. The number of nitrogens with zero attached hydrogens (tertiary/aromatic N) is 2. The molecule has 4 heteroatoms. The molecule has 0 bridgehead atoms. The molecule has 22 heavy (non-hydrogen) atoms. The summed E-state index contributed by atoms with van der Waals surface area (Å²) in [5.41, 5.74) is 4.25. The van der Waals surface area contributed by atoms with Gasteiger partial charge in [-0.1, -0.05) is 13.3 Å². The van der Waals surface area contributed by atoms with Crippen LogP contribution in [0.3, 0.4) is 0 Å². The Labute approximate surface area is 133 Å². The van der Waals surface area contributed by atoms with Gasteiger partial charge < -0.3 is 4.90 Å². The molecule has 0 unspecified atom stereocenters. The Hall–Kier alpha value is -1.94. The molecule has 2 heterocycles. The van der Waals surface area contributed by atoms with Crippen LogP contribution in [0.1, 0.15) is 25.3 Å². The predicted molar refractivity (Wildman–Crippen MR) is 93.3 cm³/mol. The Morgan fingerprint density at radius 1 is 1.23 bits per heavy atom. The quantitative estimate of drug-likeness (QED) is 0.687. The van der Waals surface area contributed by atoms with Crippen LogP contribution < -0.4 is 10.3 Å². The number of anilines is 1. The van der Waals surface area contributed by atoms with Crippen molar-refractivity contribution in [2.24, 2.45) is 0 Å². The van der Waals surface area contributed by atoms with Crippen LogP contribution in [-0.2, 0) is 6.42 Å². The van der Waals surface area contributed by atoms with Crippen LogP contribution in [0.25, 0.3) is 20.8 Å². The highest BCUT2D eigenvalue weighted by Gasteiger charge is 2.16. The summed E-state index contributed by atoms with van der Waals surface area (Å²) in [5, 5.41) is 0. The van der Waals surface area contributed by atoms with Gasteiger partial charge in [-0.05, 0) is 37.1 Å². The fourth-order valence-electron chi connectivity index (χ4n) is 2.92. The molecule has 0 spiro atoms. The average Bonchev–Trinajstić information content (AvgIpc) is 2.45. The van der Waals surface area contributed by atoms with E-state index in [1.807, 2.05) is 6.07 Å². The molecule has 1 aromatic carbocycles. The summed E-state index contributed by atoms with van der Waals surface area (Å²) < 4.78 is 1.15. The number of fused-ring (bicyclic) bond motifs is 2. The Kier molecular flexibility index (Phi) is 3.34. The smallest absolute Gasteiger partial charge is 0.183 e. The minimum absolute atomic E-state index is 0.144. The molecule has 1 aliphatic carbocycles. The van der Waals surface area contributed by atoms with Gasteiger partial charge in [0.2, 0.25) is 0 Å². The molecule has 0 N–H and O–H groups in total. The summed E-state index contributed by atoms with van der Waals surface area (Å²) in [6.45, 7) is 4.38. The molecule has 4 rings (SSSR count). The third-order valence-electron chi connectivity index (χ3n) is 4.29. The maximum Gasteiger partial charge on any atom is 0.183 e. The first-order valence-electron chi connectivity index (χ1n) is 7.87. The van der Waals surface area contributed by atoms with Crippen LogP contribution in [-0.4, -0.2) is 18.1 Å². The van der Waals surface area contributed by atoms with Gasteiger partial charge in [-0.25, -0.2) is 4.98 Å². The largest absolute Gasteiger partial charge is 0.371 e. The highest BCUT2D eigenvalue weighted by molar-refractivity contribution is 7.21. The lowest BCUT2D eigenvalue weighted by molar-refractivity contribution is 0.618. The molecule has 1 fully saturated rings. The second-order valence-corrected chi connectivity index (χ2v) is 6.97. The van der Waals surface area contributed by atoms with Crippen molar-refractivity contribution in [3.05, 3.63) is 46.1 Å². The molecule has 0 aromatic heterocycles. The Morgan fingerprint density at radius 3 is 2.82 bits per heavy atom. The summed E-state index contributed by atoms with van der Waals surface area (Å²) in [4.78, 5) is 20.3. The van der Waals surface area contributed by atoms with Gasteiger partial charge in [-0.2, -0.15) is 0 Å². The fourth-order valence-corrected chi connectivity index (χ4v) is 3.93. The Bertz CT molecular complexity index is 867. The maximum atomic E-state index is 12.2. The maximum absolute atomic E-state index is 12.2. The molecule has 1 aromatic rings. The summed E-state index contributed by atoms with van der Waals surface area (Å²) in [7, 11) is 0. The van der Waals surface area contributed by atoms with Gasteiger partial charge in [0.05, 0.1) is 20.8 Å². The summed E-state index contributed by atoms with van der Waals surface area (Å²) in [6, 6.07) is 10.2. The highest BCUT2D eigenvalue weighted by atomic mass is 32.1. The van der Waals surface area contributed by atoms with E-state index in [0.717, 1.165) is 52.3 Å². The standard InChI is InChI=1S/C18H18N2OS/c1-2-4-12-9-15-18(11-16(12)21)22-17-10-13(20-7-3-8-20)5-6-14(17)19-15/h5-6,9-11H,2-4,7-8H2,1H3. The third-order valence-corrected chi connectivity index (χ3v) is 5.38. The van der Waals surface area contributed by atoms with Crippen molar-refractivity contribution in [1.82, 2.24) is 4.98 Å². The van der Waals surface area contributed by atoms with E-state index in [2.05, 4.69) is 30.0 Å². The topological polar surface area (TPSA) is 33.2 Å². The van der Waals surface area contributed by atoms with Crippen molar-refractivity contribution in [2.45, 2.75) is 26.2 Å². The van der Waals surface area contributed by atoms with E-state index in [9.17, 15) is 4.79 Å². The number of rotatable bonds is 3. The summed E-state index contributed by atoms with van der Waals surface area (Å²) >= 11 is 1.67. The van der Waals surface area contributed by atoms with Crippen molar-refractivity contribution < 1.29 is 0 Å². The molecule has 2 aliphatic heterocycles. The van der Waals surface area contributed by atoms with Crippen LogP contribution >= 0.6 is 11.3 Å². The predicted octanol–water partition coefficient (Wildman–Crippen LogP) is 3.92. The summed E-state index contributed by atoms with van der Waals surface area (Å²) in [5.74, 6) is 0. The van der Waals surface area contributed by atoms with E-state index >= 15 is 0 Å². The van der Waals surface area contributed by atoms with E-state index in [1.54, 1.807) is 17.4 Å². The first kappa shape index (κ1) is 13.7. The van der Waals surface area contributed by atoms with Gasteiger partial charge in [0, 0.05) is 30.4 Å². The van der Waals surface area contributed by atoms with Crippen molar-refractivity contribution >= 4 is 27.2 Å². The third kappa shape index (κ3) is 2.28. The molecule has 3 nitrogen and oxygen atoms in total. The Balaban J connectivity index is 1.87. The van der Waals surface area contributed by atoms with E-state index in [1.165, 1.54) is 12.1 Å². The van der Waals surface area contributed by atoms with Crippen LogP contribution in [0.4, 0.5) is 5.69 Å². The lowest BCUT2D eigenvalue weighted by Crippen LogP contribution is -2.36. The highest BCUT2D eigenvalue weighted by Crippen LogP contribution is 2.33. The second kappa shape index (κ2) is 5.36. The van der Waals surface area contributed by atoms with Crippen molar-refractivity contribution in [3.63, 3.8) is 0 Å². The zero-order valence-corrected chi connectivity index (χ0v) is 13.4. The second-order valence-electron chi connectivity index (χ2n) is 5.88. The van der Waals surface area contributed by atoms with E-state index in [4.69, 9.17) is 4.98 Å². The molecule has 3 aliphatic rings. The molecule has 1 saturated heterocycles. The van der Waals surface area contributed by atoms with Gasteiger partial charge in [0.25, 0.3) is 0 Å². The van der Waals surface area contributed by atoms with Crippen LogP contribution in [0.15, 0.2) is 35.1 Å². The molecular weight excluding hydrogens is 292 g/mol. The van der Waals surface area contributed by atoms with Crippen LogP contribution in [0.5, 0.6) is 0 Å². The minimum atomic E-state index is 0.144. The lowest BCUT2D eigenvalue weighted by Gasteiger charge is -2.33. The zero-order chi connectivity index (χ0) is 15.1. The lowest BCUT2D eigenvalue weighted by atomic mass is 10.1. The van der Waals surface area contributed by atoms with Crippen LogP contribution in [0, 0.1) is 0 Å². The monoisotopic (exact) mass is 310 g/mol. The van der Waals surface area contributed by atoms with E-state index in [0.29, 0.717) is 0 Å². The first-order valence-corrected chi connectivity index (χ1v) is 8.69. The van der Waals surface area contributed by atoms with Gasteiger partial charge >= 0.3 is 0 Å². The van der Waals surface area contributed by atoms with E-state index < -0.39 is 0 Å². The fraction of sp³-hybridized carbons (Fsp3) is 0.333. The molecule has 0 atom stereocenters. The van der Waals surface area contributed by atoms with Crippen molar-refractivity contribution in [1.29, 1.82) is 0 Å². The normalized spacial score (nSPS) is 14.5. The van der Waals surface area contributed by atoms with E-state index in [-0.39, 0.29) is 5.43 Å². The van der Waals surface area contributed by atoms with Crippen molar-refractivity contribution in [3.8, 4) is 10.6 Å². The van der Waals surface area contributed by atoms with Gasteiger partial charge in [0.15, 0.2) is 5.43 Å².